The molecule has 2 aromatic carbocycles. The summed E-state index contributed by atoms with van der Waals surface area (Å²) in [6, 6.07) is 11.8. The maximum Gasteiger partial charge on any atom is 0.246 e. The number of hydrogen-bond acceptors (Lipinski definition) is 4. The Labute approximate surface area is 142 Å². The number of benzene rings is 2. The molecule has 0 aliphatic rings. The second-order valence-corrected chi connectivity index (χ2v) is 5.81. The molecule has 0 spiro atoms. The summed E-state index contributed by atoms with van der Waals surface area (Å²) >= 11 is 0. The Kier molecular flexibility index (Phi) is 3.64. The van der Waals surface area contributed by atoms with Gasteiger partial charge in [-0.3, -0.25) is 4.79 Å². The minimum Gasteiger partial charge on any atom is -0.340 e. The zero-order valence-corrected chi connectivity index (χ0v) is 13.5. The molecular weight excluding hydrogens is 323 g/mol. The van der Waals surface area contributed by atoms with Gasteiger partial charge in [0, 0.05) is 7.05 Å². The third-order valence-electron chi connectivity index (χ3n) is 3.91. The molecule has 4 rings (SSSR count). The SMILES string of the molecule is CN(Cc1nc2ccc(F)cc2[nH]1)C(=O)Cn1nc2ccccc2n1. The first-order valence-electron chi connectivity index (χ1n) is 7.76. The highest BCUT2D eigenvalue weighted by molar-refractivity contribution is 5.77. The van der Waals surface area contributed by atoms with Crippen molar-refractivity contribution in [3.63, 3.8) is 0 Å². The number of carbonyl (C=O) groups is 1. The smallest absolute Gasteiger partial charge is 0.246 e. The Morgan fingerprint density at radius 1 is 1.16 bits per heavy atom. The summed E-state index contributed by atoms with van der Waals surface area (Å²) in [7, 11) is 1.68. The van der Waals surface area contributed by atoms with E-state index in [4.69, 9.17) is 0 Å². The van der Waals surface area contributed by atoms with E-state index in [1.165, 1.54) is 21.8 Å². The number of nitrogens with zero attached hydrogens (tertiary/aromatic N) is 5. The molecule has 1 N–H and O–H groups in total. The highest BCUT2D eigenvalue weighted by Crippen LogP contribution is 2.14. The van der Waals surface area contributed by atoms with Gasteiger partial charge in [-0.1, -0.05) is 12.1 Å². The zero-order valence-electron chi connectivity index (χ0n) is 13.5. The lowest BCUT2D eigenvalue weighted by Gasteiger charge is -2.15. The first kappa shape index (κ1) is 15.3. The molecule has 0 bridgehead atoms. The second kappa shape index (κ2) is 5.97. The molecule has 126 valence electrons. The first-order valence-corrected chi connectivity index (χ1v) is 7.76. The Hall–Kier alpha value is -3.29. The maximum absolute atomic E-state index is 13.2. The van der Waals surface area contributed by atoms with Crippen molar-refractivity contribution in [1.29, 1.82) is 0 Å². The molecule has 2 heterocycles. The van der Waals surface area contributed by atoms with Gasteiger partial charge in [-0.05, 0) is 30.3 Å². The Balaban J connectivity index is 1.47. The fourth-order valence-corrected chi connectivity index (χ4v) is 2.64. The number of halogens is 1. The van der Waals surface area contributed by atoms with Crippen molar-refractivity contribution in [3.05, 3.63) is 54.1 Å². The van der Waals surface area contributed by atoms with E-state index in [0.717, 1.165) is 11.0 Å². The number of carbonyl (C=O) groups excluding carboxylic acids is 1. The third-order valence-corrected chi connectivity index (χ3v) is 3.91. The van der Waals surface area contributed by atoms with E-state index >= 15 is 0 Å². The van der Waals surface area contributed by atoms with Crippen molar-refractivity contribution >= 4 is 28.0 Å². The largest absolute Gasteiger partial charge is 0.340 e. The Morgan fingerprint density at radius 3 is 2.60 bits per heavy atom. The lowest BCUT2D eigenvalue weighted by atomic mass is 10.3. The van der Waals surface area contributed by atoms with Crippen molar-refractivity contribution in [2.75, 3.05) is 7.05 Å². The molecule has 25 heavy (non-hydrogen) atoms. The topological polar surface area (TPSA) is 79.7 Å². The van der Waals surface area contributed by atoms with Gasteiger partial charge < -0.3 is 9.88 Å². The van der Waals surface area contributed by atoms with Gasteiger partial charge in [0.15, 0.2) is 0 Å². The number of aromatic amines is 1. The monoisotopic (exact) mass is 338 g/mol. The summed E-state index contributed by atoms with van der Waals surface area (Å²) in [5.74, 6) is 0.117. The standard InChI is InChI=1S/C17H15FN6O/c1-23(9-16-19-12-7-6-11(18)8-15(12)20-16)17(25)10-24-21-13-4-2-3-5-14(13)22-24/h2-8H,9-10H2,1H3,(H,19,20). The third kappa shape index (κ3) is 3.06. The summed E-state index contributed by atoms with van der Waals surface area (Å²) < 4.78 is 13.2. The molecule has 7 nitrogen and oxygen atoms in total. The van der Waals surface area contributed by atoms with Crippen LogP contribution in [0.25, 0.3) is 22.1 Å². The Morgan fingerprint density at radius 2 is 1.88 bits per heavy atom. The van der Waals surface area contributed by atoms with Gasteiger partial charge in [-0.2, -0.15) is 15.0 Å². The molecule has 0 saturated heterocycles. The number of nitrogens with one attached hydrogen (secondary N) is 1. The van der Waals surface area contributed by atoms with Crippen LogP contribution >= 0.6 is 0 Å². The fourth-order valence-electron chi connectivity index (χ4n) is 2.64. The van der Waals surface area contributed by atoms with Crippen molar-refractivity contribution in [2.45, 2.75) is 13.1 Å². The van der Waals surface area contributed by atoms with Crippen LogP contribution in [0, 0.1) is 5.82 Å². The highest BCUT2D eigenvalue weighted by atomic mass is 19.1. The number of rotatable bonds is 4. The van der Waals surface area contributed by atoms with Crippen LogP contribution in [0.4, 0.5) is 4.39 Å². The molecule has 4 aromatic rings. The molecule has 0 atom stereocenters. The van der Waals surface area contributed by atoms with Gasteiger partial charge in [0.05, 0.1) is 17.6 Å². The van der Waals surface area contributed by atoms with E-state index in [-0.39, 0.29) is 24.8 Å². The van der Waals surface area contributed by atoms with Gasteiger partial charge in [-0.15, -0.1) is 0 Å². The van der Waals surface area contributed by atoms with Crippen molar-refractivity contribution in [1.82, 2.24) is 29.9 Å². The molecule has 0 aliphatic carbocycles. The molecule has 1 amide bonds. The molecule has 0 saturated carbocycles. The summed E-state index contributed by atoms with van der Waals surface area (Å²) in [5, 5.41) is 8.56. The summed E-state index contributed by atoms with van der Waals surface area (Å²) in [4.78, 5) is 22.7. The predicted molar refractivity (Wildman–Crippen MR) is 90.1 cm³/mol. The number of imidazole rings is 1. The van der Waals surface area contributed by atoms with E-state index in [1.54, 1.807) is 13.1 Å². The molecule has 0 fully saturated rings. The van der Waals surface area contributed by atoms with Crippen LogP contribution < -0.4 is 0 Å². The molecule has 0 radical (unpaired) electrons. The van der Waals surface area contributed by atoms with Crippen LogP contribution in [0.3, 0.4) is 0 Å². The number of fused-ring (bicyclic) bond motifs is 2. The quantitative estimate of drug-likeness (QED) is 0.618. The number of aromatic nitrogens is 5. The van der Waals surface area contributed by atoms with E-state index in [9.17, 15) is 9.18 Å². The van der Waals surface area contributed by atoms with Crippen molar-refractivity contribution in [2.24, 2.45) is 0 Å². The summed E-state index contributed by atoms with van der Waals surface area (Å²) in [5.41, 5.74) is 2.77. The van der Waals surface area contributed by atoms with Gasteiger partial charge in [0.2, 0.25) is 5.91 Å². The Bertz CT molecular complexity index is 1040. The van der Waals surface area contributed by atoms with Gasteiger partial charge in [-0.25, -0.2) is 9.37 Å². The van der Waals surface area contributed by atoms with E-state index in [1.807, 2.05) is 24.3 Å². The fraction of sp³-hybridized carbons (Fsp3) is 0.176. The van der Waals surface area contributed by atoms with Gasteiger partial charge in [0.25, 0.3) is 0 Å². The predicted octanol–water partition coefficient (Wildman–Crippen LogP) is 2.11. The number of amides is 1. The number of likely N-dealkylation sites (N-methyl/N-ethyl adjacent to an activating group) is 1. The normalized spacial score (nSPS) is 11.3. The minimum absolute atomic E-state index is 0.0417. The van der Waals surface area contributed by atoms with Crippen LogP contribution in [-0.2, 0) is 17.9 Å². The molecule has 0 aliphatic heterocycles. The van der Waals surface area contributed by atoms with Crippen LogP contribution in [0.2, 0.25) is 0 Å². The van der Waals surface area contributed by atoms with Gasteiger partial charge in [0.1, 0.15) is 29.2 Å². The molecular formula is C17H15FN6O. The first-order chi connectivity index (χ1) is 12.1. The van der Waals surface area contributed by atoms with Crippen LogP contribution in [0.15, 0.2) is 42.5 Å². The summed E-state index contributed by atoms with van der Waals surface area (Å²) in [6.45, 7) is 0.329. The molecule has 2 aromatic heterocycles. The second-order valence-electron chi connectivity index (χ2n) is 5.81. The number of H-pyrrole nitrogens is 1. The van der Waals surface area contributed by atoms with Crippen molar-refractivity contribution < 1.29 is 9.18 Å². The van der Waals surface area contributed by atoms with E-state index in [2.05, 4.69) is 20.2 Å². The van der Waals surface area contributed by atoms with Crippen LogP contribution in [-0.4, -0.2) is 42.8 Å². The van der Waals surface area contributed by atoms with Crippen LogP contribution in [0.1, 0.15) is 5.82 Å². The maximum atomic E-state index is 13.2. The zero-order chi connectivity index (χ0) is 17.4. The van der Waals surface area contributed by atoms with Crippen molar-refractivity contribution in [3.8, 4) is 0 Å². The molecule has 8 heteroatoms. The van der Waals surface area contributed by atoms with Gasteiger partial charge >= 0.3 is 0 Å². The minimum atomic E-state index is -0.330. The number of hydrogen-bond donors (Lipinski definition) is 1. The van der Waals surface area contributed by atoms with Crippen LogP contribution in [0.5, 0.6) is 0 Å². The lowest BCUT2D eigenvalue weighted by Crippen LogP contribution is -2.30. The lowest BCUT2D eigenvalue weighted by molar-refractivity contribution is -0.131. The summed E-state index contributed by atoms with van der Waals surface area (Å²) in [6.07, 6.45) is 0. The highest BCUT2D eigenvalue weighted by Gasteiger charge is 2.14. The average molecular weight is 338 g/mol. The van der Waals surface area contributed by atoms with E-state index < -0.39 is 0 Å². The average Bonchev–Trinajstić information content (AvgIpc) is 3.16. The van der Waals surface area contributed by atoms with E-state index in [0.29, 0.717) is 16.9 Å². The molecule has 0 unspecified atom stereocenters.